The van der Waals surface area contributed by atoms with E-state index >= 15 is 0 Å². The number of halogens is 1. The molecule has 1 aliphatic rings. The lowest BCUT2D eigenvalue weighted by atomic mass is 9.80. The summed E-state index contributed by atoms with van der Waals surface area (Å²) in [5, 5.41) is 10.6. The molecule has 2 N–H and O–H groups in total. The van der Waals surface area contributed by atoms with Crippen molar-refractivity contribution in [1.29, 1.82) is 0 Å². The molecule has 0 fully saturated rings. The molecule has 41 heavy (non-hydrogen) atoms. The zero-order chi connectivity index (χ0) is 29.1. The highest BCUT2D eigenvalue weighted by Gasteiger charge is 2.46. The molecule has 0 aliphatic carbocycles. The van der Waals surface area contributed by atoms with Crippen LogP contribution < -0.4 is 15.5 Å². The van der Waals surface area contributed by atoms with E-state index in [-0.39, 0.29) is 18.4 Å². The molecule has 5 rings (SSSR count). The summed E-state index contributed by atoms with van der Waals surface area (Å²) in [6, 6.07) is 21.3. The van der Waals surface area contributed by atoms with Gasteiger partial charge in [-0.25, -0.2) is 9.07 Å². The molecule has 0 unspecified atom stereocenters. The van der Waals surface area contributed by atoms with Crippen molar-refractivity contribution < 1.29 is 18.8 Å². The number of benzene rings is 3. The Labute approximate surface area is 237 Å². The lowest BCUT2D eigenvalue weighted by molar-refractivity contribution is -0.121. The highest BCUT2D eigenvalue weighted by Crippen LogP contribution is 2.43. The average Bonchev–Trinajstić information content (AvgIpc) is 3.36. The van der Waals surface area contributed by atoms with Gasteiger partial charge in [0, 0.05) is 23.6 Å². The number of aryl methyl sites for hydroxylation is 1. The first-order valence-electron chi connectivity index (χ1n) is 13.3. The second-order valence-corrected chi connectivity index (χ2v) is 9.79. The molecule has 0 spiro atoms. The van der Waals surface area contributed by atoms with Gasteiger partial charge in [-0.15, -0.1) is 0 Å². The van der Waals surface area contributed by atoms with E-state index in [4.69, 9.17) is 5.10 Å². The number of hydrogen-bond acceptors (Lipinski definition) is 4. The third kappa shape index (κ3) is 5.38. The maximum Gasteiger partial charge on any atom is 0.251 e. The Hall–Kier alpha value is -5.05. The number of para-hydroxylation sites is 1. The van der Waals surface area contributed by atoms with E-state index in [1.807, 2.05) is 50.2 Å². The van der Waals surface area contributed by atoms with E-state index in [2.05, 4.69) is 17.2 Å². The van der Waals surface area contributed by atoms with Crippen LogP contribution in [0.2, 0.25) is 0 Å². The maximum atomic E-state index is 14.2. The van der Waals surface area contributed by atoms with Gasteiger partial charge in [-0.05, 0) is 61.9 Å². The van der Waals surface area contributed by atoms with Crippen LogP contribution in [0.4, 0.5) is 10.2 Å². The second kappa shape index (κ2) is 11.6. The van der Waals surface area contributed by atoms with Gasteiger partial charge in [0.1, 0.15) is 17.7 Å². The largest absolute Gasteiger partial charge is 0.347 e. The van der Waals surface area contributed by atoms with Gasteiger partial charge in [0.25, 0.3) is 11.8 Å². The van der Waals surface area contributed by atoms with Crippen LogP contribution in [0.3, 0.4) is 0 Å². The van der Waals surface area contributed by atoms with Crippen LogP contribution in [0.1, 0.15) is 45.6 Å². The first kappa shape index (κ1) is 27.5. The number of carbonyl (C=O) groups is 3. The molecule has 1 aliphatic heterocycles. The summed E-state index contributed by atoms with van der Waals surface area (Å²) < 4.78 is 15.7. The minimum Gasteiger partial charge on any atom is -0.347 e. The van der Waals surface area contributed by atoms with Crippen LogP contribution in [0.25, 0.3) is 5.69 Å². The lowest BCUT2D eigenvalue weighted by Crippen LogP contribution is -2.55. The molecule has 3 aromatic carbocycles. The Morgan fingerprint density at radius 2 is 1.78 bits per heavy atom. The van der Waals surface area contributed by atoms with Crippen LogP contribution in [-0.2, 0) is 16.1 Å². The van der Waals surface area contributed by atoms with E-state index in [9.17, 15) is 18.8 Å². The molecule has 4 aromatic rings. The first-order chi connectivity index (χ1) is 19.8. The number of anilines is 1. The van der Waals surface area contributed by atoms with Crippen molar-refractivity contribution in [3.63, 3.8) is 0 Å². The van der Waals surface area contributed by atoms with Gasteiger partial charge in [0.15, 0.2) is 0 Å². The number of hydrogen-bond donors (Lipinski definition) is 2. The third-order valence-corrected chi connectivity index (χ3v) is 7.13. The van der Waals surface area contributed by atoms with E-state index in [0.29, 0.717) is 34.7 Å². The number of fused-ring (bicyclic) bond motifs is 1. The molecule has 2 heterocycles. The Bertz CT molecular complexity index is 1610. The van der Waals surface area contributed by atoms with Crippen LogP contribution in [0, 0.1) is 12.7 Å². The zero-order valence-electron chi connectivity index (χ0n) is 22.8. The van der Waals surface area contributed by atoms with Crippen LogP contribution in [0.15, 0.2) is 91.5 Å². The fourth-order valence-electron chi connectivity index (χ4n) is 5.24. The predicted octanol–water partition coefficient (Wildman–Crippen LogP) is 4.42. The molecule has 3 amide bonds. The molecule has 208 valence electrons. The fraction of sp³-hybridized carbons (Fsp3) is 0.188. The summed E-state index contributed by atoms with van der Waals surface area (Å²) in [5.41, 5.74) is 3.83. The van der Waals surface area contributed by atoms with Crippen molar-refractivity contribution in [2.24, 2.45) is 0 Å². The molecule has 0 bridgehead atoms. The van der Waals surface area contributed by atoms with Gasteiger partial charge >= 0.3 is 0 Å². The lowest BCUT2D eigenvalue weighted by Gasteiger charge is -2.38. The number of aromatic nitrogens is 2. The van der Waals surface area contributed by atoms with Crippen molar-refractivity contribution in [3.8, 4) is 5.69 Å². The fourth-order valence-corrected chi connectivity index (χ4v) is 5.24. The normalized spacial score (nSPS) is 16.2. The van der Waals surface area contributed by atoms with Crippen molar-refractivity contribution >= 4 is 23.5 Å². The Kier molecular flexibility index (Phi) is 7.78. The molecule has 2 atom stereocenters. The van der Waals surface area contributed by atoms with Gasteiger partial charge in [-0.1, -0.05) is 54.6 Å². The van der Waals surface area contributed by atoms with E-state index in [1.165, 1.54) is 18.2 Å². The van der Waals surface area contributed by atoms with Gasteiger partial charge in [-0.3, -0.25) is 19.3 Å². The predicted molar refractivity (Wildman–Crippen MR) is 154 cm³/mol. The van der Waals surface area contributed by atoms with E-state index in [0.717, 1.165) is 11.3 Å². The van der Waals surface area contributed by atoms with Crippen molar-refractivity contribution in [1.82, 2.24) is 20.4 Å². The van der Waals surface area contributed by atoms with Crippen LogP contribution in [-0.4, -0.2) is 40.1 Å². The van der Waals surface area contributed by atoms with Gasteiger partial charge in [-0.2, -0.15) is 5.10 Å². The van der Waals surface area contributed by atoms with Crippen molar-refractivity contribution in [3.05, 3.63) is 125 Å². The molecular weight excluding hydrogens is 521 g/mol. The maximum absolute atomic E-state index is 14.2. The summed E-state index contributed by atoms with van der Waals surface area (Å²) in [7, 11) is 0. The molecule has 8 nitrogen and oxygen atoms in total. The molecule has 9 heteroatoms. The summed E-state index contributed by atoms with van der Waals surface area (Å²) in [6.07, 6.45) is 1.17. The highest BCUT2D eigenvalue weighted by molar-refractivity contribution is 6.05. The number of nitrogens with zero attached hydrogens (tertiary/aromatic N) is 3. The topological polar surface area (TPSA) is 96.3 Å². The minimum atomic E-state index is -1.02. The van der Waals surface area contributed by atoms with Crippen LogP contribution in [0.5, 0.6) is 0 Å². The second-order valence-electron chi connectivity index (χ2n) is 9.79. The molecule has 0 radical (unpaired) electrons. The Morgan fingerprint density at radius 3 is 2.44 bits per heavy atom. The van der Waals surface area contributed by atoms with Crippen molar-refractivity contribution in [2.45, 2.75) is 32.4 Å². The summed E-state index contributed by atoms with van der Waals surface area (Å²) in [5.74, 6) is -1.73. The molecular formula is C32H30FN5O3. The SMILES string of the molecule is C=CC(=O)NCc1nn(-c2ccccc2)c2c1[C@H](c1ccc(F)cc1)[C@H](NC(=O)c1cccc(C)c1)C(=O)N2CC. The monoisotopic (exact) mass is 551 g/mol. The first-order valence-corrected chi connectivity index (χ1v) is 13.3. The quantitative estimate of drug-likeness (QED) is 0.317. The number of rotatable bonds is 8. The van der Waals surface area contributed by atoms with E-state index in [1.54, 1.807) is 39.9 Å². The van der Waals surface area contributed by atoms with E-state index < -0.39 is 23.7 Å². The number of carbonyl (C=O) groups excluding carboxylic acids is 3. The summed E-state index contributed by atoms with van der Waals surface area (Å²) in [6.45, 7) is 7.61. The zero-order valence-corrected chi connectivity index (χ0v) is 22.8. The van der Waals surface area contributed by atoms with Gasteiger partial charge in [0.2, 0.25) is 5.91 Å². The third-order valence-electron chi connectivity index (χ3n) is 7.13. The van der Waals surface area contributed by atoms with Gasteiger partial charge < -0.3 is 10.6 Å². The highest BCUT2D eigenvalue weighted by atomic mass is 19.1. The standard InChI is InChI=1S/C32H30FN5O3/c1-4-26(39)34-19-25-28-27(21-14-16-23(33)17-15-21)29(35-30(40)22-11-9-10-20(3)18-22)32(41)37(5-2)31(28)38(36-25)24-12-7-6-8-13-24/h4,6-18,27,29H,1,5,19H2,2-3H3,(H,34,39)(H,35,40)/t27-,29-/m0/s1. The number of nitrogens with one attached hydrogen (secondary N) is 2. The average molecular weight is 552 g/mol. The van der Waals surface area contributed by atoms with Crippen molar-refractivity contribution in [2.75, 3.05) is 11.4 Å². The summed E-state index contributed by atoms with van der Waals surface area (Å²) in [4.78, 5) is 41.5. The number of likely N-dealkylation sites (N-methyl/N-ethyl adjacent to an activating group) is 1. The molecule has 0 saturated heterocycles. The summed E-state index contributed by atoms with van der Waals surface area (Å²) >= 11 is 0. The molecule has 1 aromatic heterocycles. The van der Waals surface area contributed by atoms with Gasteiger partial charge in [0.05, 0.1) is 17.9 Å². The van der Waals surface area contributed by atoms with Crippen LogP contribution >= 0.6 is 0 Å². The number of amides is 3. The Balaban J connectivity index is 1.72. The molecule has 0 saturated carbocycles. The smallest absolute Gasteiger partial charge is 0.251 e. The minimum absolute atomic E-state index is 0.0506. The Morgan fingerprint density at radius 1 is 1.05 bits per heavy atom.